The lowest BCUT2D eigenvalue weighted by Crippen LogP contribution is -2.48. The Bertz CT molecular complexity index is 669. The maximum absolute atomic E-state index is 12.1. The Morgan fingerprint density at radius 2 is 1.95 bits per heavy atom. The van der Waals surface area contributed by atoms with Crippen molar-refractivity contribution in [2.24, 2.45) is 0 Å². The number of fused-ring (bicyclic) bond motifs is 1. The molecule has 1 fully saturated rings. The number of benzene rings is 2. The third-order valence-corrected chi connectivity index (χ3v) is 3.64. The summed E-state index contributed by atoms with van der Waals surface area (Å²) < 4.78 is 0. The van der Waals surface area contributed by atoms with E-state index in [2.05, 4.69) is 16.0 Å². The molecule has 1 aliphatic rings. The lowest BCUT2D eigenvalue weighted by molar-refractivity contribution is -0.122. The molecule has 1 heterocycles. The maximum atomic E-state index is 12.1. The summed E-state index contributed by atoms with van der Waals surface area (Å²) in [6, 6.07) is 13.4. The van der Waals surface area contributed by atoms with Crippen molar-refractivity contribution in [3.05, 3.63) is 42.5 Å². The highest BCUT2D eigenvalue weighted by molar-refractivity contribution is 6.01. The van der Waals surface area contributed by atoms with Crippen LogP contribution in [0, 0.1) is 0 Å². The Hall–Kier alpha value is -2.56. The second-order valence-corrected chi connectivity index (χ2v) is 5.16. The molecule has 21 heavy (non-hydrogen) atoms. The van der Waals surface area contributed by atoms with Gasteiger partial charge >= 0.3 is 6.03 Å². The highest BCUT2D eigenvalue weighted by Crippen LogP contribution is 2.22. The van der Waals surface area contributed by atoms with Crippen LogP contribution in [0.25, 0.3) is 10.8 Å². The van der Waals surface area contributed by atoms with Crippen molar-refractivity contribution < 1.29 is 9.59 Å². The van der Waals surface area contributed by atoms with Crippen molar-refractivity contribution in [1.82, 2.24) is 10.6 Å². The number of piperidine rings is 1. The standard InChI is InChI=1S/C16H17N3O2/c20-15-9-8-12(10-17-15)18-16(21)19-14-7-3-5-11-4-1-2-6-13(11)14/h1-7,12H,8-10H2,(H,17,20)(H2,18,19,21). The molecule has 0 aromatic heterocycles. The van der Waals surface area contributed by atoms with Crippen LogP contribution in [0.1, 0.15) is 12.8 Å². The first-order valence-corrected chi connectivity index (χ1v) is 7.04. The molecular weight excluding hydrogens is 266 g/mol. The summed E-state index contributed by atoms with van der Waals surface area (Å²) >= 11 is 0. The van der Waals surface area contributed by atoms with Gasteiger partial charge in [0.25, 0.3) is 0 Å². The Morgan fingerprint density at radius 3 is 2.76 bits per heavy atom. The number of hydrogen-bond donors (Lipinski definition) is 3. The van der Waals surface area contributed by atoms with Crippen LogP contribution >= 0.6 is 0 Å². The van der Waals surface area contributed by atoms with Gasteiger partial charge in [0.05, 0.1) is 5.69 Å². The van der Waals surface area contributed by atoms with Crippen LogP contribution in [-0.2, 0) is 4.79 Å². The second-order valence-electron chi connectivity index (χ2n) is 5.16. The van der Waals surface area contributed by atoms with Crippen molar-refractivity contribution in [3.63, 3.8) is 0 Å². The van der Waals surface area contributed by atoms with Crippen LogP contribution in [0.5, 0.6) is 0 Å². The molecule has 2 aromatic carbocycles. The molecular formula is C16H17N3O2. The summed E-state index contributed by atoms with van der Waals surface area (Å²) in [7, 11) is 0. The van der Waals surface area contributed by atoms with E-state index in [9.17, 15) is 9.59 Å². The number of carbonyl (C=O) groups excluding carboxylic acids is 2. The Morgan fingerprint density at radius 1 is 1.14 bits per heavy atom. The number of nitrogens with one attached hydrogen (secondary N) is 3. The predicted octanol–water partition coefficient (Wildman–Crippen LogP) is 2.24. The zero-order valence-electron chi connectivity index (χ0n) is 11.6. The fourth-order valence-electron chi connectivity index (χ4n) is 2.53. The first kappa shape index (κ1) is 13.4. The molecule has 3 N–H and O–H groups in total. The monoisotopic (exact) mass is 283 g/mol. The lowest BCUT2D eigenvalue weighted by atomic mass is 10.1. The summed E-state index contributed by atoms with van der Waals surface area (Å²) in [6.45, 7) is 0.488. The molecule has 1 saturated heterocycles. The van der Waals surface area contributed by atoms with Gasteiger partial charge < -0.3 is 16.0 Å². The van der Waals surface area contributed by atoms with E-state index in [4.69, 9.17) is 0 Å². The van der Waals surface area contributed by atoms with Crippen LogP contribution in [0.3, 0.4) is 0 Å². The molecule has 0 radical (unpaired) electrons. The molecule has 5 heteroatoms. The van der Waals surface area contributed by atoms with Gasteiger partial charge in [-0.25, -0.2) is 4.79 Å². The van der Waals surface area contributed by atoms with Crippen LogP contribution in [0.4, 0.5) is 10.5 Å². The van der Waals surface area contributed by atoms with Gasteiger partial charge in [-0.1, -0.05) is 36.4 Å². The Kier molecular flexibility index (Phi) is 3.73. The van der Waals surface area contributed by atoms with Gasteiger partial charge in [0.1, 0.15) is 0 Å². The highest BCUT2D eigenvalue weighted by Gasteiger charge is 2.19. The third-order valence-electron chi connectivity index (χ3n) is 3.64. The molecule has 1 atom stereocenters. The quantitative estimate of drug-likeness (QED) is 0.791. The minimum atomic E-state index is -0.243. The largest absolute Gasteiger partial charge is 0.354 e. The van der Waals surface area contributed by atoms with E-state index in [1.165, 1.54) is 0 Å². The summed E-state index contributed by atoms with van der Waals surface area (Å²) in [5.41, 5.74) is 0.783. The summed E-state index contributed by atoms with van der Waals surface area (Å²) in [5, 5.41) is 10.6. The third kappa shape index (κ3) is 3.13. The van der Waals surface area contributed by atoms with Gasteiger partial charge in [-0.05, 0) is 17.9 Å². The van der Waals surface area contributed by atoms with Crippen molar-refractivity contribution in [2.75, 3.05) is 11.9 Å². The molecule has 0 aliphatic carbocycles. The van der Waals surface area contributed by atoms with E-state index >= 15 is 0 Å². The number of rotatable bonds is 2. The van der Waals surface area contributed by atoms with Crippen molar-refractivity contribution in [2.45, 2.75) is 18.9 Å². The van der Waals surface area contributed by atoms with Crippen molar-refractivity contribution in [1.29, 1.82) is 0 Å². The normalized spacial score (nSPS) is 18.1. The molecule has 3 rings (SSSR count). The summed E-state index contributed by atoms with van der Waals surface area (Å²) in [4.78, 5) is 23.2. The average molecular weight is 283 g/mol. The molecule has 1 aliphatic heterocycles. The SMILES string of the molecule is O=C1CCC(NC(=O)Nc2cccc3ccccc23)CN1. The predicted molar refractivity (Wildman–Crippen MR) is 82.1 cm³/mol. The molecule has 0 spiro atoms. The number of urea groups is 1. The van der Waals surface area contributed by atoms with Crippen LogP contribution < -0.4 is 16.0 Å². The zero-order chi connectivity index (χ0) is 14.7. The number of hydrogen-bond acceptors (Lipinski definition) is 2. The van der Waals surface area contributed by atoms with E-state index in [1.807, 2.05) is 42.5 Å². The van der Waals surface area contributed by atoms with Gasteiger partial charge in [0, 0.05) is 24.4 Å². The summed E-state index contributed by atoms with van der Waals surface area (Å²) in [6.07, 6.45) is 1.13. The van der Waals surface area contributed by atoms with E-state index in [-0.39, 0.29) is 18.0 Å². The zero-order valence-corrected chi connectivity index (χ0v) is 11.6. The van der Waals surface area contributed by atoms with Gasteiger partial charge in [0.15, 0.2) is 0 Å². The molecule has 1 unspecified atom stereocenters. The van der Waals surface area contributed by atoms with Gasteiger partial charge in [0.2, 0.25) is 5.91 Å². The number of carbonyl (C=O) groups is 2. The topological polar surface area (TPSA) is 70.2 Å². The number of amides is 3. The fourth-order valence-corrected chi connectivity index (χ4v) is 2.53. The van der Waals surface area contributed by atoms with E-state index in [0.29, 0.717) is 19.4 Å². The summed E-state index contributed by atoms with van der Waals surface area (Å²) in [5.74, 6) is 0.0440. The van der Waals surface area contributed by atoms with Crippen LogP contribution in [0.2, 0.25) is 0 Å². The van der Waals surface area contributed by atoms with Crippen molar-refractivity contribution >= 4 is 28.4 Å². The Balaban J connectivity index is 1.67. The first-order chi connectivity index (χ1) is 10.2. The molecule has 3 amide bonds. The second kappa shape index (κ2) is 5.83. The minimum Gasteiger partial charge on any atom is -0.354 e. The van der Waals surface area contributed by atoms with E-state index < -0.39 is 0 Å². The van der Waals surface area contributed by atoms with Crippen LogP contribution in [0.15, 0.2) is 42.5 Å². The smallest absolute Gasteiger partial charge is 0.319 e. The molecule has 2 aromatic rings. The van der Waals surface area contributed by atoms with E-state index in [0.717, 1.165) is 16.5 Å². The first-order valence-electron chi connectivity index (χ1n) is 7.04. The van der Waals surface area contributed by atoms with Gasteiger partial charge in [-0.2, -0.15) is 0 Å². The average Bonchev–Trinajstić information content (AvgIpc) is 2.50. The molecule has 108 valence electrons. The maximum Gasteiger partial charge on any atom is 0.319 e. The fraction of sp³-hybridized carbons (Fsp3) is 0.250. The van der Waals surface area contributed by atoms with Gasteiger partial charge in [-0.3, -0.25) is 4.79 Å². The number of anilines is 1. The van der Waals surface area contributed by atoms with E-state index in [1.54, 1.807) is 0 Å². The van der Waals surface area contributed by atoms with Gasteiger partial charge in [-0.15, -0.1) is 0 Å². The molecule has 0 bridgehead atoms. The van der Waals surface area contributed by atoms with Crippen molar-refractivity contribution in [3.8, 4) is 0 Å². The molecule has 0 saturated carbocycles. The molecule has 5 nitrogen and oxygen atoms in total. The minimum absolute atomic E-state index is 0.0160. The Labute approximate surface area is 122 Å². The van der Waals surface area contributed by atoms with Crippen LogP contribution in [-0.4, -0.2) is 24.5 Å². The highest BCUT2D eigenvalue weighted by atomic mass is 16.2. The lowest BCUT2D eigenvalue weighted by Gasteiger charge is -2.23.